The van der Waals surface area contributed by atoms with Gasteiger partial charge in [-0.25, -0.2) is 4.79 Å². The molecule has 1 aliphatic rings. The van der Waals surface area contributed by atoms with Gasteiger partial charge in [0.15, 0.2) is 0 Å². The molecule has 0 spiro atoms. The number of methoxy groups -OCH3 is 2. The number of allylic oxidation sites excluding steroid dienone is 3. The molecule has 0 aromatic carbocycles. The number of rotatable bonds is 19. The number of carbonyl (C=O) groups is 4. The zero-order chi connectivity index (χ0) is 50.8. The Morgan fingerprint density at radius 3 is 2.25 bits per heavy atom. The van der Waals surface area contributed by atoms with Crippen LogP contribution in [-0.2, 0) is 42.9 Å². The summed E-state index contributed by atoms with van der Waals surface area (Å²) in [7, 11) is 6.95. The highest BCUT2D eigenvalue weighted by Gasteiger charge is 2.37. The highest BCUT2D eigenvalue weighted by atomic mass is 16.6. The van der Waals surface area contributed by atoms with Gasteiger partial charge in [0.05, 0.1) is 37.1 Å². The van der Waals surface area contributed by atoms with E-state index in [1.54, 1.807) is 70.6 Å². The van der Waals surface area contributed by atoms with E-state index >= 15 is 0 Å². The predicted octanol–water partition coefficient (Wildman–Crippen LogP) is 7.31. The molecule has 16 atom stereocenters. The van der Waals surface area contributed by atoms with Crippen LogP contribution in [0.5, 0.6) is 0 Å². The first-order valence-electron chi connectivity index (χ1n) is 24.4. The molecule has 384 valence electrons. The molecule has 14 nitrogen and oxygen atoms in total. The van der Waals surface area contributed by atoms with Crippen molar-refractivity contribution >= 4 is 24.2 Å². The molecule has 1 rings (SSSR count). The minimum absolute atomic E-state index is 0.0560. The van der Waals surface area contributed by atoms with Crippen molar-refractivity contribution in [3.63, 3.8) is 0 Å². The first-order valence-corrected chi connectivity index (χ1v) is 24.4. The van der Waals surface area contributed by atoms with Gasteiger partial charge in [-0.3, -0.25) is 14.5 Å². The van der Waals surface area contributed by atoms with Crippen molar-refractivity contribution in [3.05, 3.63) is 60.4 Å². The van der Waals surface area contributed by atoms with E-state index in [1.807, 2.05) is 53.7 Å². The predicted molar refractivity (Wildman–Crippen MR) is 264 cm³/mol. The Labute approximate surface area is 403 Å². The summed E-state index contributed by atoms with van der Waals surface area (Å²) in [5.41, 5.74) is 1.13. The van der Waals surface area contributed by atoms with E-state index in [0.29, 0.717) is 19.3 Å². The van der Waals surface area contributed by atoms with Gasteiger partial charge in [-0.1, -0.05) is 91.0 Å². The number of aliphatic hydroxyl groups excluding tert-OH is 3. The summed E-state index contributed by atoms with van der Waals surface area (Å²) in [6, 6.07) is -0.546. The van der Waals surface area contributed by atoms with Gasteiger partial charge in [0.2, 0.25) is 0 Å². The lowest BCUT2D eigenvalue weighted by Gasteiger charge is -2.35. The average Bonchev–Trinajstić information content (AvgIpc) is 3.29. The fraction of sp³-hybridized carbons (Fsp3) is 0.736. The lowest BCUT2D eigenvalue weighted by molar-refractivity contribution is -0.165. The maximum Gasteiger partial charge on any atom is 0.331 e. The Morgan fingerprint density at radius 1 is 0.955 bits per heavy atom. The maximum absolute atomic E-state index is 13.4. The summed E-state index contributed by atoms with van der Waals surface area (Å²) in [6.07, 6.45) is 16.2. The van der Waals surface area contributed by atoms with Gasteiger partial charge >= 0.3 is 17.9 Å². The van der Waals surface area contributed by atoms with Crippen molar-refractivity contribution in [1.82, 2.24) is 10.2 Å². The number of ether oxygens (including phenoxy) is 5. The summed E-state index contributed by atoms with van der Waals surface area (Å²) in [6.45, 7) is 18.8. The summed E-state index contributed by atoms with van der Waals surface area (Å²) < 4.78 is 29.8. The van der Waals surface area contributed by atoms with E-state index in [-0.39, 0.29) is 54.8 Å². The Bertz CT molecular complexity index is 1590. The zero-order valence-corrected chi connectivity index (χ0v) is 43.3. The molecule has 0 aromatic heterocycles. The third-order valence-electron chi connectivity index (χ3n) is 13.7. The fourth-order valence-corrected chi connectivity index (χ4v) is 8.46. The second-order valence-corrected chi connectivity index (χ2v) is 19.4. The first-order chi connectivity index (χ1) is 31.6. The molecule has 67 heavy (non-hydrogen) atoms. The molecule has 16 unspecified atom stereocenters. The fourth-order valence-electron chi connectivity index (χ4n) is 8.46. The topological polar surface area (TPSA) is 190 Å². The molecule has 0 bridgehead atoms. The molecule has 0 fully saturated rings. The minimum Gasteiger partial charge on any atom is -0.462 e. The molecular formula is C53H90N2O12. The largest absolute Gasteiger partial charge is 0.462 e. The number of aldehydes is 1. The van der Waals surface area contributed by atoms with Crippen LogP contribution >= 0.6 is 0 Å². The Kier molecular flexibility index (Phi) is 30.2. The van der Waals surface area contributed by atoms with E-state index in [9.17, 15) is 34.5 Å². The molecule has 0 saturated carbocycles. The summed E-state index contributed by atoms with van der Waals surface area (Å²) in [5, 5.41) is 36.8. The molecule has 1 heterocycles. The van der Waals surface area contributed by atoms with Gasteiger partial charge in [-0.05, 0) is 102 Å². The zero-order valence-electron chi connectivity index (χ0n) is 43.3. The van der Waals surface area contributed by atoms with Crippen LogP contribution in [0.1, 0.15) is 121 Å². The lowest BCUT2D eigenvalue weighted by atomic mass is 9.82. The molecule has 14 heteroatoms. The van der Waals surface area contributed by atoms with Crippen LogP contribution in [0, 0.1) is 41.4 Å². The van der Waals surface area contributed by atoms with Crippen LogP contribution in [0.15, 0.2) is 60.4 Å². The standard InChI is InChI=1S/C53H90N2O12/c1-34-23-24-35(2)46(64-14)27-25-36(3)50(60)39(6)45(58)20-16-15-17-22-49(59)66-47(21-18-19-44(33-34)63-13)40(7)51(61)37(4)26-28-48(67-53(62)42(9)55(11)12)41(8)52(65-43(10)57)38(5)29-30-54-31-32-56/h15-19,22,24,29-30,32,34,36-42,44-48,50-52,54,58,60-61H,20-21,23,25-28,31,33H2,1-14H3. The van der Waals surface area contributed by atoms with Gasteiger partial charge in [-0.2, -0.15) is 0 Å². The summed E-state index contributed by atoms with van der Waals surface area (Å²) in [5.74, 6) is -3.30. The van der Waals surface area contributed by atoms with Crippen molar-refractivity contribution in [3.8, 4) is 0 Å². The van der Waals surface area contributed by atoms with Gasteiger partial charge in [0, 0.05) is 57.3 Å². The van der Waals surface area contributed by atoms with Gasteiger partial charge in [0.25, 0.3) is 0 Å². The normalized spacial score (nSPS) is 28.1. The SMILES string of the molecule is COC1C=CCC(C(C)C(O)C(C)CCC(OC(=O)C(C)N(C)C)C(C)C(OC(C)=O)C(C)C=CNCC=O)OC(=O)C=CC=CCC(O)C(C)C(O)C(C)CCC(OC)C(C)=CCC(C)C1. The van der Waals surface area contributed by atoms with E-state index in [4.69, 9.17) is 23.7 Å². The van der Waals surface area contributed by atoms with Crippen LogP contribution in [0.3, 0.4) is 0 Å². The van der Waals surface area contributed by atoms with Crippen molar-refractivity contribution in [2.75, 3.05) is 34.9 Å². The number of cyclic esters (lactones) is 1. The highest BCUT2D eigenvalue weighted by Crippen LogP contribution is 2.31. The molecule has 0 saturated heterocycles. The van der Waals surface area contributed by atoms with Crippen LogP contribution in [0.2, 0.25) is 0 Å². The van der Waals surface area contributed by atoms with Crippen LogP contribution in [0.25, 0.3) is 0 Å². The molecule has 0 radical (unpaired) electrons. The van der Waals surface area contributed by atoms with Gasteiger partial charge < -0.3 is 49.1 Å². The van der Waals surface area contributed by atoms with Gasteiger partial charge in [0.1, 0.15) is 30.6 Å². The van der Waals surface area contributed by atoms with Crippen molar-refractivity contribution < 1.29 is 58.2 Å². The van der Waals surface area contributed by atoms with Gasteiger partial charge in [-0.15, -0.1) is 0 Å². The number of esters is 3. The van der Waals surface area contributed by atoms with E-state index in [2.05, 4.69) is 25.2 Å². The van der Waals surface area contributed by atoms with Crippen molar-refractivity contribution in [2.45, 2.75) is 175 Å². The summed E-state index contributed by atoms with van der Waals surface area (Å²) in [4.78, 5) is 51.7. The number of hydrogen-bond donors (Lipinski definition) is 4. The maximum atomic E-state index is 13.4. The number of carbonyl (C=O) groups excluding carboxylic acids is 4. The minimum atomic E-state index is -0.935. The number of nitrogens with zero attached hydrogens (tertiary/aromatic N) is 1. The van der Waals surface area contributed by atoms with Crippen LogP contribution in [-0.4, -0.2) is 134 Å². The monoisotopic (exact) mass is 947 g/mol. The van der Waals surface area contributed by atoms with Crippen LogP contribution < -0.4 is 5.32 Å². The second kappa shape index (κ2) is 33.0. The van der Waals surface area contributed by atoms with Crippen molar-refractivity contribution in [1.29, 1.82) is 0 Å². The number of nitrogens with one attached hydrogen (secondary N) is 1. The van der Waals surface area contributed by atoms with Crippen molar-refractivity contribution in [2.24, 2.45) is 41.4 Å². The average molecular weight is 947 g/mol. The Balaban J connectivity index is 3.49. The molecule has 0 amide bonds. The number of hydrogen-bond acceptors (Lipinski definition) is 14. The highest BCUT2D eigenvalue weighted by molar-refractivity contribution is 5.82. The lowest BCUT2D eigenvalue weighted by Crippen LogP contribution is -2.43. The smallest absolute Gasteiger partial charge is 0.331 e. The molecule has 0 aromatic rings. The molecule has 4 N–H and O–H groups in total. The number of aliphatic hydroxyl groups is 3. The Morgan fingerprint density at radius 2 is 1.64 bits per heavy atom. The Hall–Kier alpha value is -3.66. The summed E-state index contributed by atoms with van der Waals surface area (Å²) >= 11 is 0. The molecule has 0 aliphatic carbocycles. The molecular weight excluding hydrogens is 857 g/mol. The van der Waals surface area contributed by atoms with E-state index in [0.717, 1.165) is 37.5 Å². The number of likely N-dealkylation sites (N-methyl/N-ethyl adjacent to an activating group) is 1. The molecule has 1 aliphatic heterocycles. The third kappa shape index (κ3) is 23.0. The van der Waals surface area contributed by atoms with E-state index in [1.165, 1.54) is 13.0 Å². The van der Waals surface area contributed by atoms with Crippen LogP contribution in [0.4, 0.5) is 0 Å². The third-order valence-corrected chi connectivity index (χ3v) is 13.7. The van der Waals surface area contributed by atoms with E-state index < -0.39 is 72.4 Å². The first kappa shape index (κ1) is 61.4. The second-order valence-electron chi connectivity index (χ2n) is 19.4. The quantitative estimate of drug-likeness (QED) is 0.0332.